The zero-order valence-electron chi connectivity index (χ0n) is 17.3. The first-order valence-corrected chi connectivity index (χ1v) is 10.1. The first-order valence-electron chi connectivity index (χ1n) is 10.1. The molecule has 0 amide bonds. The van der Waals surface area contributed by atoms with Gasteiger partial charge in [0.15, 0.2) is 0 Å². The maximum absolute atomic E-state index is 10.8. The topological polar surface area (TPSA) is 86.3 Å². The Balaban J connectivity index is 0.000000181. The van der Waals surface area contributed by atoms with Crippen molar-refractivity contribution in [3.63, 3.8) is 0 Å². The highest BCUT2D eigenvalue weighted by molar-refractivity contribution is 5.42. The molecule has 0 aromatic heterocycles. The first kappa shape index (κ1) is 22.4. The summed E-state index contributed by atoms with van der Waals surface area (Å²) >= 11 is 0. The number of para-hydroxylation sites is 1. The summed E-state index contributed by atoms with van der Waals surface area (Å²) in [4.78, 5) is 20.6. The zero-order chi connectivity index (χ0) is 22.8. The molecule has 4 aromatic carbocycles. The minimum Gasteiger partial charge on any atom is -0.258 e. The van der Waals surface area contributed by atoms with E-state index in [2.05, 4.69) is 0 Å². The number of rotatable bonds is 6. The highest BCUT2D eigenvalue weighted by Gasteiger charge is 2.12. The first-order chi connectivity index (χ1) is 15.5. The summed E-state index contributed by atoms with van der Waals surface area (Å²) in [6.45, 7) is 0. The molecule has 0 fully saturated rings. The van der Waals surface area contributed by atoms with Gasteiger partial charge in [0.2, 0.25) is 0 Å². The van der Waals surface area contributed by atoms with E-state index >= 15 is 0 Å². The fourth-order valence-electron chi connectivity index (χ4n) is 3.22. The molecule has 0 saturated heterocycles. The Morgan fingerprint density at radius 3 is 1.50 bits per heavy atom. The monoisotopic (exact) mass is 426 g/mol. The van der Waals surface area contributed by atoms with Crippen molar-refractivity contribution >= 4 is 11.4 Å². The Bertz CT molecular complexity index is 1160. The molecule has 0 radical (unpaired) electrons. The van der Waals surface area contributed by atoms with Crippen LogP contribution in [-0.4, -0.2) is 9.85 Å². The van der Waals surface area contributed by atoms with E-state index in [0.29, 0.717) is 6.42 Å². The second kappa shape index (κ2) is 11.2. The molecule has 6 nitrogen and oxygen atoms in total. The molecular weight excluding hydrogens is 404 g/mol. The Morgan fingerprint density at radius 1 is 0.500 bits per heavy atom. The average Bonchev–Trinajstić information content (AvgIpc) is 2.81. The van der Waals surface area contributed by atoms with Crippen LogP contribution in [-0.2, 0) is 12.8 Å². The van der Waals surface area contributed by atoms with E-state index in [9.17, 15) is 20.2 Å². The second-order valence-corrected chi connectivity index (χ2v) is 7.13. The smallest absolute Gasteiger partial charge is 0.258 e. The summed E-state index contributed by atoms with van der Waals surface area (Å²) in [5.74, 6) is 0. The fraction of sp³-hybridized carbons (Fsp3) is 0.0769. The van der Waals surface area contributed by atoms with Crippen molar-refractivity contribution in [3.05, 3.63) is 152 Å². The van der Waals surface area contributed by atoms with Crippen LogP contribution in [0.5, 0.6) is 0 Å². The Hall–Kier alpha value is -4.32. The molecular formula is C26H22N2O4. The maximum atomic E-state index is 10.8. The van der Waals surface area contributed by atoms with E-state index in [1.54, 1.807) is 24.3 Å². The van der Waals surface area contributed by atoms with Crippen molar-refractivity contribution in [1.82, 2.24) is 0 Å². The molecule has 4 aromatic rings. The molecule has 6 heteroatoms. The van der Waals surface area contributed by atoms with Gasteiger partial charge in [-0.2, -0.15) is 0 Å². The molecule has 4 rings (SSSR count). The number of benzene rings is 4. The van der Waals surface area contributed by atoms with Crippen LogP contribution < -0.4 is 0 Å². The molecule has 0 spiro atoms. The minimum atomic E-state index is -0.383. The quantitative estimate of drug-likeness (QED) is 0.265. The third-order valence-corrected chi connectivity index (χ3v) is 4.82. The van der Waals surface area contributed by atoms with Crippen molar-refractivity contribution in [3.8, 4) is 0 Å². The van der Waals surface area contributed by atoms with Gasteiger partial charge in [0.05, 0.1) is 9.85 Å². The fourth-order valence-corrected chi connectivity index (χ4v) is 3.22. The van der Waals surface area contributed by atoms with E-state index in [-0.39, 0.29) is 21.2 Å². The molecule has 160 valence electrons. The normalized spacial score (nSPS) is 10.0. The van der Waals surface area contributed by atoms with E-state index in [4.69, 9.17) is 0 Å². The van der Waals surface area contributed by atoms with Crippen molar-refractivity contribution in [1.29, 1.82) is 0 Å². The lowest BCUT2D eigenvalue weighted by molar-refractivity contribution is -0.385. The van der Waals surface area contributed by atoms with Gasteiger partial charge in [-0.3, -0.25) is 20.2 Å². The lowest BCUT2D eigenvalue weighted by Crippen LogP contribution is -1.95. The summed E-state index contributed by atoms with van der Waals surface area (Å²) < 4.78 is 0. The minimum absolute atomic E-state index is 0.136. The van der Waals surface area contributed by atoms with Crippen molar-refractivity contribution in [2.45, 2.75) is 12.8 Å². The highest BCUT2D eigenvalue weighted by atomic mass is 16.6. The van der Waals surface area contributed by atoms with Crippen LogP contribution >= 0.6 is 0 Å². The van der Waals surface area contributed by atoms with Crippen molar-refractivity contribution in [2.24, 2.45) is 0 Å². The number of nitro groups is 2. The Morgan fingerprint density at radius 2 is 0.969 bits per heavy atom. The van der Waals surface area contributed by atoms with Crippen LogP contribution in [0.15, 0.2) is 109 Å². The molecule has 0 heterocycles. The van der Waals surface area contributed by atoms with Gasteiger partial charge in [-0.25, -0.2) is 0 Å². The lowest BCUT2D eigenvalue weighted by atomic mass is 10.0. The molecule has 0 unspecified atom stereocenters. The summed E-state index contributed by atoms with van der Waals surface area (Å²) in [5.41, 5.74) is 4.44. The largest absolute Gasteiger partial charge is 0.272 e. The molecule has 0 aliphatic heterocycles. The van der Waals surface area contributed by atoms with Gasteiger partial charge in [-0.1, -0.05) is 91.0 Å². The van der Waals surface area contributed by atoms with Gasteiger partial charge >= 0.3 is 0 Å². The zero-order valence-corrected chi connectivity index (χ0v) is 17.3. The second-order valence-electron chi connectivity index (χ2n) is 7.13. The van der Waals surface area contributed by atoms with Crippen LogP contribution in [0.4, 0.5) is 11.4 Å². The van der Waals surface area contributed by atoms with Crippen molar-refractivity contribution < 1.29 is 9.85 Å². The summed E-state index contributed by atoms with van der Waals surface area (Å²) in [6.07, 6.45) is 1.40. The number of nitro benzene ring substituents is 2. The number of nitrogens with zero attached hydrogens (tertiary/aromatic N) is 2. The van der Waals surface area contributed by atoms with Gasteiger partial charge in [-0.15, -0.1) is 0 Å². The van der Waals surface area contributed by atoms with Gasteiger partial charge in [0.25, 0.3) is 11.4 Å². The lowest BCUT2D eigenvalue weighted by Gasteiger charge is -2.02. The van der Waals surface area contributed by atoms with Crippen LogP contribution in [0.3, 0.4) is 0 Å². The van der Waals surface area contributed by atoms with E-state index in [0.717, 1.165) is 23.1 Å². The van der Waals surface area contributed by atoms with E-state index < -0.39 is 0 Å². The predicted molar refractivity (Wildman–Crippen MR) is 125 cm³/mol. The van der Waals surface area contributed by atoms with Gasteiger partial charge in [-0.05, 0) is 23.1 Å². The summed E-state index contributed by atoms with van der Waals surface area (Å²) in [5, 5.41) is 21.3. The molecule has 32 heavy (non-hydrogen) atoms. The predicted octanol–water partition coefficient (Wildman–Crippen LogP) is 6.37. The summed E-state index contributed by atoms with van der Waals surface area (Å²) in [6, 6.07) is 33.3. The highest BCUT2D eigenvalue weighted by Crippen LogP contribution is 2.20. The molecule has 0 N–H and O–H groups in total. The average molecular weight is 426 g/mol. The molecule has 0 bridgehead atoms. The van der Waals surface area contributed by atoms with Crippen LogP contribution in [0.1, 0.15) is 22.3 Å². The Labute approximate surface area is 186 Å². The van der Waals surface area contributed by atoms with Gasteiger partial charge in [0, 0.05) is 30.2 Å². The molecule has 0 saturated carbocycles. The van der Waals surface area contributed by atoms with Gasteiger partial charge < -0.3 is 0 Å². The molecule has 0 aliphatic carbocycles. The Kier molecular flexibility index (Phi) is 7.81. The van der Waals surface area contributed by atoms with Crippen LogP contribution in [0, 0.1) is 20.2 Å². The summed E-state index contributed by atoms with van der Waals surface area (Å²) in [7, 11) is 0. The van der Waals surface area contributed by atoms with Crippen LogP contribution in [0.2, 0.25) is 0 Å². The standard InChI is InChI=1S/2C13H11NO2/c15-14(16)13-9-5-4-8-12(13)10-11-6-2-1-3-7-11;15-14(16)13-8-6-12(7-9-13)10-11-4-2-1-3-5-11/h2*1-9H,10H2. The molecule has 0 aliphatic rings. The molecule has 0 atom stereocenters. The maximum Gasteiger partial charge on any atom is 0.272 e. The third-order valence-electron chi connectivity index (χ3n) is 4.82. The number of hydrogen-bond donors (Lipinski definition) is 0. The number of hydrogen-bond acceptors (Lipinski definition) is 4. The van der Waals surface area contributed by atoms with Crippen LogP contribution in [0.25, 0.3) is 0 Å². The van der Waals surface area contributed by atoms with Crippen molar-refractivity contribution in [2.75, 3.05) is 0 Å². The SMILES string of the molecule is O=[N+]([O-])c1ccc(Cc2ccccc2)cc1.O=[N+]([O-])c1ccccc1Cc1ccccc1. The third kappa shape index (κ3) is 6.60. The van der Waals surface area contributed by atoms with Gasteiger partial charge in [0.1, 0.15) is 0 Å². The number of non-ortho nitro benzene ring substituents is 1. The van der Waals surface area contributed by atoms with E-state index in [1.165, 1.54) is 23.8 Å². The van der Waals surface area contributed by atoms with E-state index in [1.807, 2.05) is 66.7 Å².